The van der Waals surface area contributed by atoms with Crippen molar-refractivity contribution in [3.05, 3.63) is 52.2 Å². The third-order valence-corrected chi connectivity index (χ3v) is 3.92. The van der Waals surface area contributed by atoms with Crippen molar-refractivity contribution in [1.29, 1.82) is 0 Å². The van der Waals surface area contributed by atoms with Gasteiger partial charge in [-0.1, -0.05) is 17.3 Å². The van der Waals surface area contributed by atoms with Crippen LogP contribution in [0.15, 0.2) is 36.7 Å². The predicted octanol–water partition coefficient (Wildman–Crippen LogP) is 2.68. The van der Waals surface area contributed by atoms with E-state index in [4.69, 9.17) is 9.47 Å². The topological polar surface area (TPSA) is 62.1 Å². The van der Waals surface area contributed by atoms with Crippen molar-refractivity contribution < 1.29 is 9.47 Å². The molecule has 0 saturated heterocycles. The zero-order valence-corrected chi connectivity index (χ0v) is 13.2. The number of aromatic nitrogens is 4. The van der Waals surface area contributed by atoms with Crippen LogP contribution in [-0.4, -0.2) is 27.1 Å². The van der Waals surface area contributed by atoms with Crippen LogP contribution in [0.2, 0.25) is 0 Å². The van der Waals surface area contributed by atoms with Gasteiger partial charge in [-0.05, 0) is 19.1 Å². The monoisotopic (exact) mass is 316 g/mol. The Labute approximate surface area is 132 Å². The zero-order chi connectivity index (χ0) is 15.4. The minimum atomic E-state index is 0.349. The Hall–Kier alpha value is -2.41. The number of methoxy groups -OCH3 is 1. The lowest BCUT2D eigenvalue weighted by Gasteiger charge is -2.08. The van der Waals surface area contributed by atoms with Crippen LogP contribution in [0, 0.1) is 6.92 Å². The van der Waals surface area contributed by atoms with Crippen LogP contribution < -0.4 is 9.47 Å². The average Bonchev–Trinajstić information content (AvgIpc) is 3.15. The van der Waals surface area contributed by atoms with E-state index in [1.54, 1.807) is 23.1 Å². The Morgan fingerprint density at radius 3 is 2.77 bits per heavy atom. The highest BCUT2D eigenvalue weighted by molar-refractivity contribution is 7.11. The normalized spacial score (nSPS) is 10.6. The summed E-state index contributed by atoms with van der Waals surface area (Å²) in [5.41, 5.74) is 0.771. The molecule has 0 atom stereocenters. The molecule has 0 aliphatic heterocycles. The molecule has 2 aromatic heterocycles. The third-order valence-electron chi connectivity index (χ3n) is 3.02. The zero-order valence-electron chi connectivity index (χ0n) is 12.4. The number of aryl methyl sites for hydroxylation is 1. The fraction of sp³-hybridized carbons (Fsp3) is 0.267. The highest BCUT2D eigenvalue weighted by atomic mass is 32.1. The fourth-order valence-electron chi connectivity index (χ4n) is 2.01. The van der Waals surface area contributed by atoms with E-state index in [0.29, 0.717) is 24.7 Å². The number of benzene rings is 1. The second-order valence-corrected chi connectivity index (χ2v) is 6.01. The van der Waals surface area contributed by atoms with E-state index >= 15 is 0 Å². The van der Waals surface area contributed by atoms with Crippen LogP contribution in [0.1, 0.15) is 15.6 Å². The number of nitrogens with zero attached hydrogens (tertiary/aromatic N) is 4. The minimum absolute atomic E-state index is 0.349. The molecule has 0 fully saturated rings. The van der Waals surface area contributed by atoms with Gasteiger partial charge in [0.2, 0.25) is 0 Å². The van der Waals surface area contributed by atoms with Crippen molar-refractivity contribution >= 4 is 11.3 Å². The predicted molar refractivity (Wildman–Crippen MR) is 83.3 cm³/mol. The van der Waals surface area contributed by atoms with Gasteiger partial charge >= 0.3 is 0 Å². The van der Waals surface area contributed by atoms with Crippen LogP contribution in [0.3, 0.4) is 0 Å². The van der Waals surface area contributed by atoms with E-state index < -0.39 is 0 Å². The maximum Gasteiger partial charge on any atom is 0.161 e. The van der Waals surface area contributed by atoms with Crippen LogP contribution in [0.4, 0.5) is 0 Å². The summed E-state index contributed by atoms with van der Waals surface area (Å²) >= 11 is 1.66. The number of ether oxygens (including phenoxy) is 2. The van der Waals surface area contributed by atoms with Gasteiger partial charge in [-0.15, -0.1) is 16.4 Å². The van der Waals surface area contributed by atoms with E-state index in [9.17, 15) is 0 Å². The molecular formula is C15H16N4O2S. The van der Waals surface area contributed by atoms with Crippen LogP contribution in [0.5, 0.6) is 11.5 Å². The second kappa shape index (κ2) is 6.57. The van der Waals surface area contributed by atoms with Gasteiger partial charge in [0.25, 0.3) is 0 Å². The molecule has 0 spiro atoms. The first-order chi connectivity index (χ1) is 10.7. The first kappa shape index (κ1) is 14.5. The fourth-order valence-corrected chi connectivity index (χ4v) is 2.80. The molecule has 114 valence electrons. The molecule has 0 radical (unpaired) electrons. The third kappa shape index (κ3) is 3.43. The molecule has 0 saturated carbocycles. The molecule has 0 aliphatic rings. The first-order valence-electron chi connectivity index (χ1n) is 6.81. The molecule has 0 aliphatic carbocycles. The van der Waals surface area contributed by atoms with Gasteiger partial charge in [0, 0.05) is 11.1 Å². The second-order valence-electron chi connectivity index (χ2n) is 4.69. The molecule has 0 amide bonds. The maximum absolute atomic E-state index is 5.73. The molecule has 2 heterocycles. The van der Waals surface area contributed by atoms with E-state index in [1.807, 2.05) is 43.6 Å². The molecule has 1 aromatic carbocycles. The number of para-hydroxylation sites is 2. The Kier molecular flexibility index (Phi) is 4.34. The van der Waals surface area contributed by atoms with E-state index in [0.717, 1.165) is 15.6 Å². The SMILES string of the molecule is COc1ccccc1OCc1cn(Cc2cnc(C)s2)nn1. The van der Waals surface area contributed by atoms with Gasteiger partial charge in [-0.3, -0.25) is 0 Å². The van der Waals surface area contributed by atoms with Crippen molar-refractivity contribution in [2.45, 2.75) is 20.1 Å². The summed E-state index contributed by atoms with van der Waals surface area (Å²) in [7, 11) is 1.62. The molecular weight excluding hydrogens is 300 g/mol. The minimum Gasteiger partial charge on any atom is -0.493 e. The van der Waals surface area contributed by atoms with Crippen molar-refractivity contribution in [3.8, 4) is 11.5 Å². The van der Waals surface area contributed by atoms with E-state index in [-0.39, 0.29) is 0 Å². The summed E-state index contributed by atoms with van der Waals surface area (Å²) in [6.45, 7) is 3.01. The maximum atomic E-state index is 5.73. The van der Waals surface area contributed by atoms with Gasteiger partial charge in [-0.25, -0.2) is 9.67 Å². The quantitative estimate of drug-likeness (QED) is 0.699. The average molecular weight is 316 g/mol. The summed E-state index contributed by atoms with van der Waals surface area (Å²) in [4.78, 5) is 5.39. The van der Waals surface area contributed by atoms with Crippen LogP contribution in [-0.2, 0) is 13.2 Å². The van der Waals surface area contributed by atoms with Gasteiger partial charge in [-0.2, -0.15) is 0 Å². The van der Waals surface area contributed by atoms with Crippen molar-refractivity contribution in [3.63, 3.8) is 0 Å². The number of thiazole rings is 1. The molecule has 6 nitrogen and oxygen atoms in total. The molecule has 22 heavy (non-hydrogen) atoms. The molecule has 0 unspecified atom stereocenters. The van der Waals surface area contributed by atoms with Crippen LogP contribution >= 0.6 is 11.3 Å². The van der Waals surface area contributed by atoms with E-state index in [2.05, 4.69) is 15.3 Å². The van der Waals surface area contributed by atoms with Gasteiger partial charge in [0.05, 0.1) is 24.9 Å². The van der Waals surface area contributed by atoms with Gasteiger partial charge in [0.1, 0.15) is 12.3 Å². The smallest absolute Gasteiger partial charge is 0.161 e. The van der Waals surface area contributed by atoms with Crippen molar-refractivity contribution in [2.24, 2.45) is 0 Å². The molecule has 7 heteroatoms. The molecule has 0 N–H and O–H groups in total. The van der Waals surface area contributed by atoms with Gasteiger partial charge in [0.15, 0.2) is 11.5 Å². The molecule has 3 rings (SSSR count). The summed E-state index contributed by atoms with van der Waals surface area (Å²) in [6, 6.07) is 7.53. The van der Waals surface area contributed by atoms with Crippen molar-refractivity contribution in [2.75, 3.05) is 7.11 Å². The summed E-state index contributed by atoms with van der Waals surface area (Å²) in [5.74, 6) is 1.40. The van der Waals surface area contributed by atoms with Crippen LogP contribution in [0.25, 0.3) is 0 Å². The Balaban J connectivity index is 1.62. The molecule has 0 bridgehead atoms. The summed E-state index contributed by atoms with van der Waals surface area (Å²) in [6.07, 6.45) is 3.75. The molecule has 3 aromatic rings. The largest absolute Gasteiger partial charge is 0.493 e. The number of hydrogen-bond acceptors (Lipinski definition) is 6. The lowest BCUT2D eigenvalue weighted by molar-refractivity contribution is 0.280. The first-order valence-corrected chi connectivity index (χ1v) is 7.62. The summed E-state index contributed by atoms with van der Waals surface area (Å²) in [5, 5.41) is 9.28. The van der Waals surface area contributed by atoms with Gasteiger partial charge < -0.3 is 9.47 Å². The highest BCUT2D eigenvalue weighted by Gasteiger charge is 2.07. The lowest BCUT2D eigenvalue weighted by Crippen LogP contribution is -1.98. The van der Waals surface area contributed by atoms with E-state index in [1.165, 1.54) is 0 Å². The Morgan fingerprint density at radius 2 is 2.05 bits per heavy atom. The Morgan fingerprint density at radius 1 is 1.23 bits per heavy atom. The Bertz CT molecular complexity index is 753. The standard InChI is InChI=1S/C15H16N4O2S/c1-11-16-7-13(22-11)9-19-8-12(17-18-19)10-21-15-6-4-3-5-14(15)20-2/h3-8H,9-10H2,1-2H3. The lowest BCUT2D eigenvalue weighted by atomic mass is 10.3. The number of rotatable bonds is 6. The number of hydrogen-bond donors (Lipinski definition) is 0. The van der Waals surface area contributed by atoms with Crippen molar-refractivity contribution in [1.82, 2.24) is 20.0 Å². The summed E-state index contributed by atoms with van der Waals surface area (Å²) < 4.78 is 12.8. The highest BCUT2D eigenvalue weighted by Crippen LogP contribution is 2.26.